The Bertz CT molecular complexity index is 1470. The van der Waals surface area contributed by atoms with E-state index < -0.39 is 41.0 Å². The molecule has 4 unspecified atom stereocenters. The second-order valence-electron chi connectivity index (χ2n) is 14.3. The van der Waals surface area contributed by atoms with Crippen LogP contribution in [0.2, 0.25) is 0 Å². The first-order valence-corrected chi connectivity index (χ1v) is 17.5. The summed E-state index contributed by atoms with van der Waals surface area (Å²) in [5.74, 6) is -0.819. The standard InChI is InChI=1S/C36H45F6N5O3/c1-24(2)47-23-32(50-34(47)49)22-43-10-8-30(21-43)45-14-12-44(13-15-45)29-9-11-46(31(20-29)16-25-6-4-3-5-7-25)33(48)26-17-27(35(37,38)39)19-28(18-26)36(40,41)42/h3-7,17-19,24,29-32H,8-16,20-23H2,1-2H3. The van der Waals surface area contributed by atoms with Gasteiger partial charge in [0.15, 0.2) is 0 Å². The number of halogens is 6. The van der Waals surface area contributed by atoms with E-state index in [1.807, 2.05) is 44.2 Å². The van der Waals surface area contributed by atoms with E-state index in [2.05, 4.69) is 14.7 Å². The average molecular weight is 710 g/mol. The van der Waals surface area contributed by atoms with Crippen molar-refractivity contribution in [3.05, 3.63) is 70.8 Å². The minimum atomic E-state index is -5.04. The highest BCUT2D eigenvalue weighted by molar-refractivity contribution is 5.95. The number of hydrogen-bond acceptors (Lipinski definition) is 6. The highest BCUT2D eigenvalue weighted by Gasteiger charge is 2.41. The third-order valence-corrected chi connectivity index (χ3v) is 10.7. The Hall–Kier alpha value is -3.36. The predicted molar refractivity (Wildman–Crippen MR) is 175 cm³/mol. The minimum Gasteiger partial charge on any atom is -0.443 e. The zero-order chi connectivity index (χ0) is 35.8. The topological polar surface area (TPSA) is 59.6 Å². The van der Waals surface area contributed by atoms with Crippen LogP contribution in [0.4, 0.5) is 31.1 Å². The summed E-state index contributed by atoms with van der Waals surface area (Å²) in [4.78, 5) is 36.5. The van der Waals surface area contributed by atoms with E-state index in [-0.39, 0.29) is 36.9 Å². The van der Waals surface area contributed by atoms with Gasteiger partial charge in [0.05, 0.1) is 17.7 Å². The maximum atomic E-state index is 13.8. The molecule has 14 heteroatoms. The molecule has 0 aliphatic carbocycles. The fourth-order valence-electron chi connectivity index (χ4n) is 8.04. The molecule has 2 aromatic rings. The van der Waals surface area contributed by atoms with Crippen molar-refractivity contribution >= 4 is 12.0 Å². The normalized spacial score (nSPS) is 26.2. The predicted octanol–water partition coefficient (Wildman–Crippen LogP) is 5.86. The molecule has 6 rings (SSSR count). The van der Waals surface area contributed by atoms with Crippen molar-refractivity contribution in [1.29, 1.82) is 0 Å². The Morgan fingerprint density at radius 3 is 2.00 bits per heavy atom. The van der Waals surface area contributed by atoms with Gasteiger partial charge >= 0.3 is 18.4 Å². The van der Waals surface area contributed by atoms with Gasteiger partial charge in [-0.15, -0.1) is 0 Å². The molecule has 4 saturated heterocycles. The van der Waals surface area contributed by atoms with Gasteiger partial charge in [-0.1, -0.05) is 30.3 Å². The maximum Gasteiger partial charge on any atom is 0.416 e. The lowest BCUT2D eigenvalue weighted by Gasteiger charge is -2.47. The van der Waals surface area contributed by atoms with Gasteiger partial charge < -0.3 is 14.5 Å². The Morgan fingerprint density at radius 1 is 0.820 bits per heavy atom. The molecule has 4 heterocycles. The molecule has 0 bridgehead atoms. The molecule has 2 aromatic carbocycles. The summed E-state index contributed by atoms with van der Waals surface area (Å²) in [7, 11) is 0. The summed E-state index contributed by atoms with van der Waals surface area (Å²) in [6, 6.07) is 10.8. The van der Waals surface area contributed by atoms with E-state index in [1.165, 1.54) is 4.90 Å². The Labute approximate surface area is 288 Å². The molecular weight excluding hydrogens is 664 g/mol. The average Bonchev–Trinajstić information content (AvgIpc) is 3.70. The molecule has 4 fully saturated rings. The number of likely N-dealkylation sites (tertiary alicyclic amines) is 2. The van der Waals surface area contributed by atoms with Gasteiger partial charge in [-0.2, -0.15) is 26.3 Å². The summed E-state index contributed by atoms with van der Waals surface area (Å²) in [6.07, 6.45) is -7.82. The van der Waals surface area contributed by atoms with Crippen LogP contribution in [0.5, 0.6) is 0 Å². The van der Waals surface area contributed by atoms with Crippen LogP contribution in [0.3, 0.4) is 0 Å². The monoisotopic (exact) mass is 709 g/mol. The first kappa shape index (κ1) is 36.4. The third kappa shape index (κ3) is 8.39. The summed E-state index contributed by atoms with van der Waals surface area (Å²) in [5.41, 5.74) is -2.65. The van der Waals surface area contributed by atoms with Gasteiger partial charge in [-0.25, -0.2) is 4.79 Å². The van der Waals surface area contributed by atoms with Crippen LogP contribution in [0, 0.1) is 0 Å². The lowest BCUT2D eigenvalue weighted by atomic mass is 9.90. The van der Waals surface area contributed by atoms with E-state index in [1.54, 1.807) is 4.90 Å². The summed E-state index contributed by atoms with van der Waals surface area (Å²) in [6.45, 7) is 10.8. The Balaban J connectivity index is 1.09. The molecule has 2 amide bonds. The fraction of sp³-hybridized carbons (Fsp3) is 0.611. The van der Waals surface area contributed by atoms with Crippen molar-refractivity contribution in [2.45, 2.75) is 82.2 Å². The molecule has 274 valence electrons. The quantitative estimate of drug-likeness (QED) is 0.321. The van der Waals surface area contributed by atoms with Crippen molar-refractivity contribution in [3.8, 4) is 0 Å². The van der Waals surface area contributed by atoms with Crippen LogP contribution in [0.15, 0.2) is 48.5 Å². The van der Waals surface area contributed by atoms with Crippen LogP contribution in [0.1, 0.15) is 60.2 Å². The number of cyclic esters (lactones) is 1. The van der Waals surface area contributed by atoms with Crippen LogP contribution in [0.25, 0.3) is 0 Å². The highest BCUT2D eigenvalue weighted by atomic mass is 19.4. The minimum absolute atomic E-state index is 0.0552. The van der Waals surface area contributed by atoms with E-state index in [4.69, 9.17) is 4.74 Å². The first-order valence-electron chi connectivity index (χ1n) is 17.5. The van der Waals surface area contributed by atoms with Crippen molar-refractivity contribution in [3.63, 3.8) is 0 Å². The number of carbonyl (C=O) groups excluding carboxylic acids is 2. The molecule has 8 nitrogen and oxygen atoms in total. The number of rotatable bonds is 8. The van der Waals surface area contributed by atoms with Gasteiger partial charge in [0.25, 0.3) is 5.91 Å². The molecule has 4 aliphatic rings. The third-order valence-electron chi connectivity index (χ3n) is 10.7. The van der Waals surface area contributed by atoms with Gasteiger partial charge in [0, 0.05) is 75.5 Å². The van der Waals surface area contributed by atoms with Gasteiger partial charge in [-0.05, 0) is 69.8 Å². The number of amides is 2. The number of ether oxygens (including phenoxy) is 1. The summed E-state index contributed by atoms with van der Waals surface area (Å²) < 4.78 is 87.3. The van der Waals surface area contributed by atoms with Gasteiger partial charge in [0.1, 0.15) is 6.10 Å². The molecule has 0 N–H and O–H groups in total. The summed E-state index contributed by atoms with van der Waals surface area (Å²) in [5, 5.41) is 0. The number of piperazine rings is 1. The van der Waals surface area contributed by atoms with Gasteiger partial charge in [-0.3, -0.25) is 19.5 Å². The first-order chi connectivity index (χ1) is 23.7. The van der Waals surface area contributed by atoms with Crippen LogP contribution < -0.4 is 0 Å². The zero-order valence-corrected chi connectivity index (χ0v) is 28.4. The number of carbonyl (C=O) groups is 2. The number of alkyl halides is 6. The number of nitrogens with zero attached hydrogens (tertiary/aromatic N) is 5. The van der Waals surface area contributed by atoms with Crippen molar-refractivity contribution in [2.24, 2.45) is 0 Å². The number of benzene rings is 2. The maximum absolute atomic E-state index is 13.8. The molecule has 4 atom stereocenters. The second kappa shape index (κ2) is 14.7. The van der Waals surface area contributed by atoms with Gasteiger partial charge in [0.2, 0.25) is 0 Å². The molecule has 50 heavy (non-hydrogen) atoms. The van der Waals surface area contributed by atoms with Crippen LogP contribution in [-0.2, 0) is 23.5 Å². The molecule has 0 aromatic heterocycles. The zero-order valence-electron chi connectivity index (χ0n) is 28.4. The molecule has 0 radical (unpaired) electrons. The largest absolute Gasteiger partial charge is 0.443 e. The second-order valence-corrected chi connectivity index (χ2v) is 14.3. The van der Waals surface area contributed by atoms with Crippen molar-refractivity contribution in [2.75, 3.05) is 58.9 Å². The SMILES string of the molecule is CC(C)N1CC(CN2CCC(N3CCN(C4CCN(C(=O)c5cc(C(F)(F)F)cc(C(F)(F)F)c5)C(Cc5ccccc5)C4)CC3)C2)OC1=O. The summed E-state index contributed by atoms with van der Waals surface area (Å²) >= 11 is 0. The lowest BCUT2D eigenvalue weighted by Crippen LogP contribution is -2.58. The van der Waals surface area contributed by atoms with E-state index >= 15 is 0 Å². The fourth-order valence-corrected chi connectivity index (χ4v) is 8.04. The Morgan fingerprint density at radius 2 is 1.42 bits per heavy atom. The molecular formula is C36H45F6N5O3. The van der Waals surface area contributed by atoms with E-state index in [0.29, 0.717) is 44.0 Å². The smallest absolute Gasteiger partial charge is 0.416 e. The highest BCUT2D eigenvalue weighted by Crippen LogP contribution is 2.37. The van der Waals surface area contributed by atoms with Crippen LogP contribution >= 0.6 is 0 Å². The lowest BCUT2D eigenvalue weighted by molar-refractivity contribution is -0.143. The Kier molecular flexibility index (Phi) is 10.7. The number of piperidine rings is 1. The van der Waals surface area contributed by atoms with Crippen LogP contribution in [-0.4, -0.2) is 126 Å². The molecule has 0 spiro atoms. The van der Waals surface area contributed by atoms with Crippen molar-refractivity contribution < 1.29 is 40.7 Å². The molecule has 0 saturated carbocycles. The number of hydrogen-bond donors (Lipinski definition) is 0. The van der Waals surface area contributed by atoms with Crippen molar-refractivity contribution in [1.82, 2.24) is 24.5 Å². The van der Waals surface area contributed by atoms with E-state index in [0.717, 1.165) is 57.8 Å². The molecule has 4 aliphatic heterocycles. The van der Waals surface area contributed by atoms with E-state index in [9.17, 15) is 35.9 Å².